The minimum atomic E-state index is -0.677. The molecular weight excluding hydrogens is 382 g/mol. The van der Waals surface area contributed by atoms with Gasteiger partial charge in [-0.1, -0.05) is 18.1 Å². The van der Waals surface area contributed by atoms with Crippen molar-refractivity contribution in [3.8, 4) is 11.5 Å². The Morgan fingerprint density at radius 2 is 2.00 bits per heavy atom. The van der Waals surface area contributed by atoms with Gasteiger partial charge in [-0.05, 0) is 24.3 Å². The molecule has 152 valence electrons. The lowest BCUT2D eigenvalue weighted by Gasteiger charge is -2.24. The fraction of sp³-hybridized carbons (Fsp3) is 0.333. The molecule has 0 saturated heterocycles. The van der Waals surface area contributed by atoms with Crippen molar-refractivity contribution in [1.29, 1.82) is 0 Å². The normalized spacial score (nSPS) is 17.1. The first kappa shape index (κ1) is 19.2. The van der Waals surface area contributed by atoms with Gasteiger partial charge in [0, 0.05) is 36.6 Å². The second-order valence-corrected chi connectivity index (χ2v) is 6.90. The zero-order valence-corrected chi connectivity index (χ0v) is 15.9. The Labute approximate surface area is 166 Å². The number of hydrogen-bond donors (Lipinski definition) is 0. The van der Waals surface area contributed by atoms with Gasteiger partial charge in [-0.2, -0.15) is 0 Å². The second kappa shape index (κ2) is 8.06. The number of rotatable bonds is 6. The fourth-order valence-corrected chi connectivity index (χ4v) is 3.35. The summed E-state index contributed by atoms with van der Waals surface area (Å²) < 4.78 is 37.9. The number of carbonyl (C=O) groups is 1. The third-order valence-electron chi connectivity index (χ3n) is 4.89. The third kappa shape index (κ3) is 4.16. The van der Waals surface area contributed by atoms with Crippen molar-refractivity contribution in [1.82, 2.24) is 4.90 Å². The van der Waals surface area contributed by atoms with Crippen LogP contribution in [0.4, 0.5) is 8.78 Å². The van der Waals surface area contributed by atoms with E-state index in [1.807, 2.05) is 18.2 Å². The summed E-state index contributed by atoms with van der Waals surface area (Å²) in [6, 6.07) is 8.88. The van der Waals surface area contributed by atoms with Crippen LogP contribution < -0.4 is 9.47 Å². The number of fused-ring (bicyclic) bond motifs is 1. The third-order valence-corrected chi connectivity index (χ3v) is 4.89. The Kier molecular flexibility index (Phi) is 5.33. The molecule has 29 heavy (non-hydrogen) atoms. The van der Waals surface area contributed by atoms with Crippen molar-refractivity contribution in [2.75, 3.05) is 13.3 Å². The molecule has 0 saturated carbocycles. The Bertz CT molecular complexity index is 964. The van der Waals surface area contributed by atoms with Crippen molar-refractivity contribution in [2.24, 2.45) is 5.16 Å². The quantitative estimate of drug-likeness (QED) is 0.741. The van der Waals surface area contributed by atoms with E-state index in [0.717, 1.165) is 17.3 Å². The molecule has 2 aromatic carbocycles. The van der Waals surface area contributed by atoms with Gasteiger partial charge in [-0.25, -0.2) is 8.78 Å². The molecule has 1 amide bonds. The van der Waals surface area contributed by atoms with Crippen LogP contribution in [0.5, 0.6) is 11.5 Å². The molecule has 4 rings (SSSR count). The van der Waals surface area contributed by atoms with Crippen LogP contribution in [-0.4, -0.2) is 36.0 Å². The number of nitrogens with zero attached hydrogens (tertiary/aromatic N) is 2. The zero-order valence-electron chi connectivity index (χ0n) is 15.9. The monoisotopic (exact) mass is 402 g/mol. The van der Waals surface area contributed by atoms with Crippen molar-refractivity contribution in [3.63, 3.8) is 0 Å². The van der Waals surface area contributed by atoms with E-state index in [-0.39, 0.29) is 43.9 Å². The van der Waals surface area contributed by atoms with Crippen LogP contribution in [0.2, 0.25) is 0 Å². The molecule has 1 unspecified atom stereocenters. The van der Waals surface area contributed by atoms with Gasteiger partial charge in [0.25, 0.3) is 0 Å². The van der Waals surface area contributed by atoms with E-state index in [4.69, 9.17) is 14.3 Å². The van der Waals surface area contributed by atoms with E-state index < -0.39 is 11.6 Å². The number of carbonyl (C=O) groups excluding carboxylic acids is 1. The smallest absolute Gasteiger partial charge is 0.231 e. The topological polar surface area (TPSA) is 60.4 Å². The van der Waals surface area contributed by atoms with Gasteiger partial charge in [0.15, 0.2) is 17.6 Å². The summed E-state index contributed by atoms with van der Waals surface area (Å²) in [4.78, 5) is 19.4. The van der Waals surface area contributed by atoms with E-state index >= 15 is 0 Å². The molecule has 0 bridgehead atoms. The molecule has 2 aromatic rings. The highest BCUT2D eigenvalue weighted by Gasteiger charge is 2.28. The van der Waals surface area contributed by atoms with Crippen molar-refractivity contribution in [2.45, 2.75) is 32.4 Å². The zero-order chi connectivity index (χ0) is 20.4. The fourth-order valence-electron chi connectivity index (χ4n) is 3.35. The molecule has 8 heteroatoms. The highest BCUT2D eigenvalue weighted by molar-refractivity contribution is 6.01. The summed E-state index contributed by atoms with van der Waals surface area (Å²) >= 11 is 0. The first-order valence-corrected chi connectivity index (χ1v) is 9.38. The van der Waals surface area contributed by atoms with Gasteiger partial charge in [0.1, 0.15) is 11.6 Å². The Hall–Kier alpha value is -3.16. The maximum Gasteiger partial charge on any atom is 0.231 e. The van der Waals surface area contributed by atoms with Gasteiger partial charge in [-0.3, -0.25) is 4.79 Å². The maximum absolute atomic E-state index is 14.0. The molecule has 1 atom stereocenters. The molecule has 0 radical (unpaired) electrons. The average molecular weight is 402 g/mol. The number of hydrogen-bond acceptors (Lipinski definition) is 5. The summed E-state index contributed by atoms with van der Waals surface area (Å²) in [5.74, 6) is -0.132. The molecule has 0 N–H and O–H groups in total. The van der Waals surface area contributed by atoms with Crippen LogP contribution in [0.3, 0.4) is 0 Å². The standard InChI is InChI=1S/C21H20F2N2O4/c1-2-21(26)25(10-14-3-5-15(22)8-17(14)23)11-16-9-18(24-29-16)13-4-6-19-20(7-13)28-12-27-19/h3-8,16H,2,9-12H2,1H3. The molecule has 0 fully saturated rings. The molecular formula is C21H20F2N2O4. The molecule has 0 aromatic heterocycles. The van der Waals surface area contributed by atoms with Gasteiger partial charge in [0.05, 0.1) is 12.3 Å². The van der Waals surface area contributed by atoms with Crippen LogP contribution in [0, 0.1) is 11.6 Å². The lowest BCUT2D eigenvalue weighted by Crippen LogP contribution is -2.37. The van der Waals surface area contributed by atoms with Gasteiger partial charge < -0.3 is 19.2 Å². The summed E-state index contributed by atoms with van der Waals surface area (Å²) in [5.41, 5.74) is 1.85. The van der Waals surface area contributed by atoms with E-state index in [0.29, 0.717) is 17.9 Å². The molecule has 6 nitrogen and oxygen atoms in total. The lowest BCUT2D eigenvalue weighted by atomic mass is 10.0. The van der Waals surface area contributed by atoms with Crippen LogP contribution in [-0.2, 0) is 16.2 Å². The van der Waals surface area contributed by atoms with Crippen molar-refractivity contribution < 1.29 is 27.9 Å². The number of amides is 1. The predicted molar refractivity (Wildman–Crippen MR) is 101 cm³/mol. The predicted octanol–water partition coefficient (Wildman–Crippen LogP) is 3.63. The molecule has 0 aliphatic carbocycles. The van der Waals surface area contributed by atoms with E-state index in [2.05, 4.69) is 5.16 Å². The van der Waals surface area contributed by atoms with Crippen LogP contribution in [0.25, 0.3) is 0 Å². The summed E-state index contributed by atoms with van der Waals surface area (Å²) in [6.45, 7) is 2.22. The number of halogens is 2. The number of benzene rings is 2. The maximum atomic E-state index is 14.0. The van der Waals surface area contributed by atoms with E-state index in [1.54, 1.807) is 6.92 Å². The Balaban J connectivity index is 1.43. The van der Waals surface area contributed by atoms with Gasteiger partial charge in [0.2, 0.25) is 12.7 Å². The minimum absolute atomic E-state index is 0.0397. The van der Waals surface area contributed by atoms with Crippen LogP contribution in [0.15, 0.2) is 41.6 Å². The first-order chi connectivity index (χ1) is 14.0. The SMILES string of the molecule is CCC(=O)N(Cc1ccc(F)cc1F)CC1CC(c2ccc3c(c2)OCO3)=NO1. The molecule has 2 aliphatic heterocycles. The van der Waals surface area contributed by atoms with Gasteiger partial charge >= 0.3 is 0 Å². The number of ether oxygens (including phenoxy) is 2. The lowest BCUT2D eigenvalue weighted by molar-refractivity contribution is -0.133. The van der Waals surface area contributed by atoms with Crippen molar-refractivity contribution in [3.05, 3.63) is 59.2 Å². The van der Waals surface area contributed by atoms with Crippen LogP contribution in [0.1, 0.15) is 30.9 Å². The average Bonchev–Trinajstić information content (AvgIpc) is 3.37. The summed E-state index contributed by atoms with van der Waals surface area (Å²) in [5, 5.41) is 4.15. The van der Waals surface area contributed by atoms with E-state index in [9.17, 15) is 13.6 Å². The van der Waals surface area contributed by atoms with Gasteiger partial charge in [-0.15, -0.1) is 0 Å². The molecule has 2 heterocycles. The first-order valence-electron chi connectivity index (χ1n) is 9.38. The second-order valence-electron chi connectivity index (χ2n) is 6.90. The Morgan fingerprint density at radius 1 is 1.17 bits per heavy atom. The van der Waals surface area contributed by atoms with Crippen molar-refractivity contribution >= 4 is 11.6 Å². The minimum Gasteiger partial charge on any atom is -0.454 e. The highest BCUT2D eigenvalue weighted by Crippen LogP contribution is 2.33. The Morgan fingerprint density at radius 3 is 2.79 bits per heavy atom. The molecule has 0 spiro atoms. The number of oxime groups is 1. The summed E-state index contributed by atoms with van der Waals surface area (Å²) in [7, 11) is 0. The largest absolute Gasteiger partial charge is 0.454 e. The molecule has 2 aliphatic rings. The highest BCUT2D eigenvalue weighted by atomic mass is 19.1. The summed E-state index contributed by atoms with van der Waals surface area (Å²) in [6.07, 6.45) is 0.416. The van der Waals surface area contributed by atoms with Crippen LogP contribution >= 0.6 is 0 Å². The van der Waals surface area contributed by atoms with E-state index in [1.165, 1.54) is 17.0 Å².